The Labute approximate surface area is 124 Å². The van der Waals surface area contributed by atoms with E-state index >= 15 is 0 Å². The normalized spacial score (nSPS) is 19.2. The average Bonchev–Trinajstić information content (AvgIpc) is 2.67. The number of nitrogens with two attached hydrogens (primary N) is 1. The van der Waals surface area contributed by atoms with Gasteiger partial charge in [-0.25, -0.2) is 0 Å². The van der Waals surface area contributed by atoms with Crippen molar-refractivity contribution >= 4 is 0 Å². The van der Waals surface area contributed by atoms with Crippen LogP contribution in [0.4, 0.5) is 13.2 Å². The van der Waals surface area contributed by atoms with Crippen LogP contribution in [-0.4, -0.2) is 6.04 Å². The van der Waals surface area contributed by atoms with Crippen molar-refractivity contribution in [3.63, 3.8) is 0 Å². The van der Waals surface area contributed by atoms with Crippen molar-refractivity contribution in [2.75, 3.05) is 0 Å². The van der Waals surface area contributed by atoms with E-state index in [0.29, 0.717) is 12.3 Å². The van der Waals surface area contributed by atoms with Gasteiger partial charge in [-0.15, -0.1) is 0 Å². The van der Waals surface area contributed by atoms with E-state index in [0.717, 1.165) is 24.1 Å². The summed E-state index contributed by atoms with van der Waals surface area (Å²) in [6, 6.07) is 5.44. The summed E-state index contributed by atoms with van der Waals surface area (Å²) >= 11 is 0. The first-order valence-corrected chi connectivity index (χ1v) is 7.87. The first-order chi connectivity index (χ1) is 9.95. The Balaban J connectivity index is 1.85. The van der Waals surface area contributed by atoms with Gasteiger partial charge in [-0.1, -0.05) is 50.7 Å². The lowest BCUT2D eigenvalue weighted by Gasteiger charge is -2.19. The topological polar surface area (TPSA) is 26.0 Å². The molecule has 1 aromatic carbocycles. The molecule has 0 aromatic heterocycles. The Morgan fingerprint density at radius 3 is 2.10 bits per heavy atom. The zero-order valence-electron chi connectivity index (χ0n) is 12.3. The minimum Gasteiger partial charge on any atom is -0.327 e. The minimum absolute atomic E-state index is 0.0461. The molecule has 1 saturated carbocycles. The highest BCUT2D eigenvalue weighted by Crippen LogP contribution is 2.30. The maximum Gasteiger partial charge on any atom is 0.416 e. The largest absolute Gasteiger partial charge is 0.416 e. The molecule has 0 spiro atoms. The quantitative estimate of drug-likeness (QED) is 0.783. The lowest BCUT2D eigenvalue weighted by atomic mass is 9.90. The van der Waals surface area contributed by atoms with Gasteiger partial charge in [0.05, 0.1) is 5.56 Å². The van der Waals surface area contributed by atoms with E-state index in [1.165, 1.54) is 38.5 Å². The van der Waals surface area contributed by atoms with Gasteiger partial charge < -0.3 is 5.73 Å². The predicted octanol–water partition coefficient (Wildman–Crippen LogP) is 4.94. The molecule has 1 fully saturated rings. The maximum absolute atomic E-state index is 12.5. The standard InChI is InChI=1S/C17H24F3N/c18-17(19,20)15-9-7-14(8-10-15)12-16(21)11-13-5-3-1-2-4-6-13/h7-10,13,16H,1-6,11-12,21H2. The highest BCUT2D eigenvalue weighted by molar-refractivity contribution is 5.25. The molecule has 0 radical (unpaired) electrons. The van der Waals surface area contributed by atoms with Crippen LogP contribution in [0.25, 0.3) is 0 Å². The number of rotatable bonds is 4. The summed E-state index contributed by atoms with van der Waals surface area (Å²) in [6.45, 7) is 0. The van der Waals surface area contributed by atoms with Gasteiger partial charge in [-0.2, -0.15) is 13.2 Å². The second kappa shape index (κ2) is 7.30. The Kier molecular flexibility index (Phi) is 5.68. The van der Waals surface area contributed by atoms with E-state index < -0.39 is 11.7 Å². The molecule has 4 heteroatoms. The third kappa shape index (κ3) is 5.34. The van der Waals surface area contributed by atoms with Crippen molar-refractivity contribution in [2.24, 2.45) is 11.7 Å². The molecule has 1 nitrogen and oxygen atoms in total. The van der Waals surface area contributed by atoms with Crippen molar-refractivity contribution in [1.82, 2.24) is 0 Å². The van der Waals surface area contributed by atoms with Gasteiger partial charge in [-0.05, 0) is 36.5 Å². The Bertz CT molecular complexity index is 417. The summed E-state index contributed by atoms with van der Waals surface area (Å²) in [5, 5.41) is 0. The van der Waals surface area contributed by atoms with Crippen LogP contribution < -0.4 is 5.73 Å². The van der Waals surface area contributed by atoms with Crippen LogP contribution in [0.15, 0.2) is 24.3 Å². The smallest absolute Gasteiger partial charge is 0.327 e. The molecule has 1 aliphatic carbocycles. The van der Waals surface area contributed by atoms with Crippen molar-refractivity contribution in [3.05, 3.63) is 35.4 Å². The fraction of sp³-hybridized carbons (Fsp3) is 0.647. The summed E-state index contributed by atoms with van der Waals surface area (Å²) in [7, 11) is 0. The third-order valence-electron chi connectivity index (χ3n) is 4.39. The van der Waals surface area contributed by atoms with Crippen molar-refractivity contribution in [3.8, 4) is 0 Å². The van der Waals surface area contributed by atoms with Crippen LogP contribution in [0.5, 0.6) is 0 Å². The highest BCUT2D eigenvalue weighted by atomic mass is 19.4. The monoisotopic (exact) mass is 299 g/mol. The van der Waals surface area contributed by atoms with Crippen LogP contribution in [-0.2, 0) is 12.6 Å². The molecule has 0 amide bonds. The lowest BCUT2D eigenvalue weighted by molar-refractivity contribution is -0.137. The molecule has 1 unspecified atom stereocenters. The summed E-state index contributed by atoms with van der Waals surface area (Å²) in [6.07, 6.45) is 5.11. The van der Waals surface area contributed by atoms with E-state index in [1.54, 1.807) is 12.1 Å². The molecule has 0 bridgehead atoms. The van der Waals surface area contributed by atoms with E-state index in [4.69, 9.17) is 5.73 Å². The number of hydrogen-bond acceptors (Lipinski definition) is 1. The average molecular weight is 299 g/mol. The second-order valence-corrected chi connectivity index (χ2v) is 6.25. The molecule has 1 aliphatic rings. The molecule has 2 rings (SSSR count). The van der Waals surface area contributed by atoms with Crippen molar-refractivity contribution < 1.29 is 13.2 Å². The van der Waals surface area contributed by atoms with Gasteiger partial charge in [0, 0.05) is 6.04 Å². The van der Waals surface area contributed by atoms with Gasteiger partial charge in [-0.3, -0.25) is 0 Å². The molecule has 118 valence electrons. The van der Waals surface area contributed by atoms with Gasteiger partial charge in [0.2, 0.25) is 0 Å². The Morgan fingerprint density at radius 1 is 1.00 bits per heavy atom. The lowest BCUT2D eigenvalue weighted by Crippen LogP contribution is -2.26. The fourth-order valence-electron chi connectivity index (χ4n) is 3.24. The first-order valence-electron chi connectivity index (χ1n) is 7.87. The molecule has 21 heavy (non-hydrogen) atoms. The van der Waals surface area contributed by atoms with Crippen LogP contribution in [0.2, 0.25) is 0 Å². The summed E-state index contributed by atoms with van der Waals surface area (Å²) in [5.41, 5.74) is 6.49. The Morgan fingerprint density at radius 2 is 1.57 bits per heavy atom. The highest BCUT2D eigenvalue weighted by Gasteiger charge is 2.30. The fourth-order valence-corrected chi connectivity index (χ4v) is 3.24. The predicted molar refractivity (Wildman–Crippen MR) is 78.9 cm³/mol. The zero-order chi connectivity index (χ0) is 15.3. The maximum atomic E-state index is 12.5. The van der Waals surface area contributed by atoms with Gasteiger partial charge >= 0.3 is 6.18 Å². The van der Waals surface area contributed by atoms with Crippen molar-refractivity contribution in [1.29, 1.82) is 0 Å². The second-order valence-electron chi connectivity index (χ2n) is 6.25. The summed E-state index contributed by atoms with van der Waals surface area (Å²) in [5.74, 6) is 0.692. The zero-order valence-corrected chi connectivity index (χ0v) is 12.3. The molecule has 0 heterocycles. The number of halogens is 3. The molecule has 0 aliphatic heterocycles. The molecule has 1 atom stereocenters. The van der Waals surface area contributed by atoms with Gasteiger partial charge in [0.1, 0.15) is 0 Å². The molecular formula is C17H24F3N. The minimum atomic E-state index is -4.26. The molecule has 1 aromatic rings. The number of benzene rings is 1. The summed E-state index contributed by atoms with van der Waals surface area (Å²) < 4.78 is 37.5. The van der Waals surface area contributed by atoms with Crippen molar-refractivity contribution in [2.45, 2.75) is 63.6 Å². The van der Waals surface area contributed by atoms with E-state index in [2.05, 4.69) is 0 Å². The van der Waals surface area contributed by atoms with Gasteiger partial charge in [0.15, 0.2) is 0 Å². The van der Waals surface area contributed by atoms with Crippen LogP contribution in [0.1, 0.15) is 56.1 Å². The molecule has 0 saturated heterocycles. The van der Waals surface area contributed by atoms with Crippen LogP contribution >= 0.6 is 0 Å². The molecule has 2 N–H and O–H groups in total. The SMILES string of the molecule is NC(Cc1ccc(C(F)(F)F)cc1)CC1CCCCCC1. The number of hydrogen-bond donors (Lipinski definition) is 1. The van der Waals surface area contributed by atoms with Crippen LogP contribution in [0, 0.1) is 5.92 Å². The molecular weight excluding hydrogens is 275 g/mol. The van der Waals surface area contributed by atoms with Gasteiger partial charge in [0.25, 0.3) is 0 Å². The van der Waals surface area contributed by atoms with E-state index in [1.807, 2.05) is 0 Å². The van der Waals surface area contributed by atoms with E-state index in [9.17, 15) is 13.2 Å². The number of alkyl halides is 3. The Hall–Kier alpha value is -1.03. The first kappa shape index (κ1) is 16.3. The van der Waals surface area contributed by atoms with E-state index in [-0.39, 0.29) is 6.04 Å². The van der Waals surface area contributed by atoms with Crippen LogP contribution in [0.3, 0.4) is 0 Å². The third-order valence-corrected chi connectivity index (χ3v) is 4.39. The summed E-state index contributed by atoms with van der Waals surface area (Å²) in [4.78, 5) is 0.